The summed E-state index contributed by atoms with van der Waals surface area (Å²) in [7, 11) is 0. The molecule has 0 fully saturated rings. The number of Topliss-reactive ketones (excluding diaryl/α,β-unsaturated/α-hetero) is 2. The Kier molecular flexibility index (Phi) is 4.51. The summed E-state index contributed by atoms with van der Waals surface area (Å²) in [4.78, 5) is 31.7. The third-order valence-electron chi connectivity index (χ3n) is 1.31. The second-order valence-electron chi connectivity index (χ2n) is 2.40. The van der Waals surface area contributed by atoms with Crippen molar-refractivity contribution in [3.8, 4) is 0 Å². The molecular formula is C7H9ClO4. The van der Waals surface area contributed by atoms with Gasteiger partial charge in [-0.15, -0.1) is 11.6 Å². The largest absolute Gasteiger partial charge is 0.481 e. The van der Waals surface area contributed by atoms with Gasteiger partial charge in [-0.05, 0) is 6.92 Å². The molecule has 0 aromatic rings. The number of alkyl halides is 1. The SMILES string of the molecule is CC(=O)CC(C(=O)O)C(=O)CCl. The minimum atomic E-state index is -1.30. The molecule has 0 aliphatic carbocycles. The van der Waals surface area contributed by atoms with Crippen LogP contribution in [0.15, 0.2) is 0 Å². The number of hydrogen-bond donors (Lipinski definition) is 1. The van der Waals surface area contributed by atoms with Gasteiger partial charge in [0.15, 0.2) is 5.78 Å². The molecule has 4 nitrogen and oxygen atoms in total. The number of carboxylic acid groups (broad SMARTS) is 1. The van der Waals surface area contributed by atoms with E-state index < -0.39 is 17.7 Å². The predicted octanol–water partition coefficient (Wildman–Crippen LogP) is 0.474. The molecule has 0 aliphatic rings. The average molecular weight is 193 g/mol. The van der Waals surface area contributed by atoms with Gasteiger partial charge in [-0.3, -0.25) is 14.4 Å². The maximum atomic E-state index is 10.8. The van der Waals surface area contributed by atoms with Crippen LogP contribution in [0.25, 0.3) is 0 Å². The highest BCUT2D eigenvalue weighted by Crippen LogP contribution is 2.06. The molecule has 12 heavy (non-hydrogen) atoms. The van der Waals surface area contributed by atoms with Gasteiger partial charge in [0.1, 0.15) is 11.7 Å². The molecule has 5 heteroatoms. The first-order chi connectivity index (χ1) is 5.49. The third kappa shape index (κ3) is 3.48. The standard InChI is InChI=1S/C7H9ClO4/c1-4(9)2-5(7(11)12)6(10)3-8/h5H,2-3H2,1H3,(H,11,12). The van der Waals surface area contributed by atoms with E-state index in [-0.39, 0.29) is 18.1 Å². The van der Waals surface area contributed by atoms with Crippen molar-refractivity contribution in [1.29, 1.82) is 0 Å². The number of carbonyl (C=O) groups excluding carboxylic acids is 2. The Morgan fingerprint density at radius 1 is 1.42 bits per heavy atom. The number of rotatable bonds is 5. The summed E-state index contributed by atoms with van der Waals surface area (Å²) in [6, 6.07) is 0. The Bertz CT molecular complexity index is 211. The number of carbonyl (C=O) groups is 3. The number of hydrogen-bond acceptors (Lipinski definition) is 3. The number of halogens is 1. The van der Waals surface area contributed by atoms with Crippen LogP contribution in [0.4, 0.5) is 0 Å². The zero-order chi connectivity index (χ0) is 9.72. The second-order valence-corrected chi connectivity index (χ2v) is 2.66. The second kappa shape index (κ2) is 4.87. The van der Waals surface area contributed by atoms with E-state index in [1.54, 1.807) is 0 Å². The fourth-order valence-electron chi connectivity index (χ4n) is 0.719. The summed E-state index contributed by atoms with van der Waals surface area (Å²) >= 11 is 5.15. The lowest BCUT2D eigenvalue weighted by molar-refractivity contribution is -0.147. The molecule has 0 aromatic carbocycles. The van der Waals surface area contributed by atoms with Crippen LogP contribution in [-0.2, 0) is 14.4 Å². The molecular weight excluding hydrogens is 184 g/mol. The molecule has 0 spiro atoms. The summed E-state index contributed by atoms with van der Waals surface area (Å²) in [5.41, 5.74) is 0. The van der Waals surface area contributed by atoms with Gasteiger partial charge in [0, 0.05) is 6.42 Å². The van der Waals surface area contributed by atoms with Crippen LogP contribution in [0.1, 0.15) is 13.3 Å². The number of ketones is 2. The van der Waals surface area contributed by atoms with E-state index in [0.29, 0.717) is 0 Å². The van der Waals surface area contributed by atoms with Gasteiger partial charge in [0.25, 0.3) is 0 Å². The smallest absolute Gasteiger partial charge is 0.314 e. The third-order valence-corrected chi connectivity index (χ3v) is 1.57. The molecule has 0 saturated carbocycles. The van der Waals surface area contributed by atoms with Crippen molar-refractivity contribution < 1.29 is 19.5 Å². The van der Waals surface area contributed by atoms with Crippen LogP contribution in [0.3, 0.4) is 0 Å². The van der Waals surface area contributed by atoms with Gasteiger partial charge in [-0.2, -0.15) is 0 Å². The van der Waals surface area contributed by atoms with Crippen molar-refractivity contribution in [3.05, 3.63) is 0 Å². The zero-order valence-electron chi connectivity index (χ0n) is 6.54. The highest BCUT2D eigenvalue weighted by Gasteiger charge is 2.26. The van der Waals surface area contributed by atoms with Crippen molar-refractivity contribution >= 4 is 29.1 Å². The highest BCUT2D eigenvalue weighted by atomic mass is 35.5. The van der Waals surface area contributed by atoms with E-state index in [0.717, 1.165) is 0 Å². The molecule has 0 radical (unpaired) electrons. The van der Waals surface area contributed by atoms with E-state index in [1.807, 2.05) is 0 Å². The first-order valence-corrected chi connectivity index (χ1v) is 3.83. The maximum absolute atomic E-state index is 10.8. The number of aliphatic carboxylic acids is 1. The fourth-order valence-corrected chi connectivity index (χ4v) is 0.906. The first kappa shape index (κ1) is 11.1. The fraction of sp³-hybridized carbons (Fsp3) is 0.571. The number of carboxylic acids is 1. The summed E-state index contributed by atoms with van der Waals surface area (Å²) in [6.45, 7) is 1.23. The zero-order valence-corrected chi connectivity index (χ0v) is 7.30. The summed E-state index contributed by atoms with van der Waals surface area (Å²) in [6.07, 6.45) is -0.277. The normalized spacial score (nSPS) is 12.2. The summed E-state index contributed by atoms with van der Waals surface area (Å²) in [5.74, 6) is -3.90. The lowest BCUT2D eigenvalue weighted by atomic mass is 9.99. The van der Waals surface area contributed by atoms with E-state index >= 15 is 0 Å². The minimum absolute atomic E-state index is 0.277. The van der Waals surface area contributed by atoms with Crippen LogP contribution in [-0.4, -0.2) is 28.5 Å². The average Bonchev–Trinajstić information content (AvgIpc) is 1.98. The van der Waals surface area contributed by atoms with Crippen LogP contribution < -0.4 is 0 Å². The molecule has 0 aliphatic heterocycles. The van der Waals surface area contributed by atoms with E-state index in [2.05, 4.69) is 0 Å². The minimum Gasteiger partial charge on any atom is -0.481 e. The highest BCUT2D eigenvalue weighted by molar-refractivity contribution is 6.29. The topological polar surface area (TPSA) is 71.4 Å². The molecule has 0 aromatic heterocycles. The quantitative estimate of drug-likeness (QED) is 0.508. The van der Waals surface area contributed by atoms with E-state index in [4.69, 9.17) is 16.7 Å². The van der Waals surface area contributed by atoms with Gasteiger partial charge >= 0.3 is 5.97 Å². The first-order valence-electron chi connectivity index (χ1n) is 3.30. The van der Waals surface area contributed by atoms with Crippen LogP contribution in [0.2, 0.25) is 0 Å². The molecule has 1 atom stereocenters. The Labute approximate surface area is 74.5 Å². The van der Waals surface area contributed by atoms with Crippen molar-refractivity contribution in [2.75, 3.05) is 5.88 Å². The van der Waals surface area contributed by atoms with E-state index in [1.165, 1.54) is 6.92 Å². The van der Waals surface area contributed by atoms with Gasteiger partial charge in [0.2, 0.25) is 0 Å². The van der Waals surface area contributed by atoms with Gasteiger partial charge in [-0.1, -0.05) is 0 Å². The molecule has 1 unspecified atom stereocenters. The van der Waals surface area contributed by atoms with E-state index in [9.17, 15) is 14.4 Å². The summed E-state index contributed by atoms with van der Waals surface area (Å²) in [5, 5.41) is 8.49. The van der Waals surface area contributed by atoms with Gasteiger partial charge in [-0.25, -0.2) is 0 Å². The van der Waals surface area contributed by atoms with Crippen LogP contribution >= 0.6 is 11.6 Å². The van der Waals surface area contributed by atoms with Crippen molar-refractivity contribution in [1.82, 2.24) is 0 Å². The van der Waals surface area contributed by atoms with Gasteiger partial charge in [0.05, 0.1) is 5.88 Å². The maximum Gasteiger partial charge on any atom is 0.314 e. The van der Waals surface area contributed by atoms with Crippen molar-refractivity contribution in [3.63, 3.8) is 0 Å². The lowest BCUT2D eigenvalue weighted by Crippen LogP contribution is -2.26. The Hall–Kier alpha value is -0.900. The molecule has 0 amide bonds. The molecule has 0 heterocycles. The molecule has 68 valence electrons. The molecule has 0 rings (SSSR count). The summed E-state index contributed by atoms with van der Waals surface area (Å²) < 4.78 is 0. The van der Waals surface area contributed by atoms with Gasteiger partial charge < -0.3 is 5.11 Å². The van der Waals surface area contributed by atoms with Crippen molar-refractivity contribution in [2.45, 2.75) is 13.3 Å². The molecule has 1 N–H and O–H groups in total. The van der Waals surface area contributed by atoms with Crippen molar-refractivity contribution in [2.24, 2.45) is 5.92 Å². The lowest BCUT2D eigenvalue weighted by Gasteiger charge is -2.05. The van der Waals surface area contributed by atoms with Crippen LogP contribution in [0.5, 0.6) is 0 Å². The Balaban J connectivity index is 4.33. The predicted molar refractivity (Wildman–Crippen MR) is 42.2 cm³/mol. The molecule has 0 saturated heterocycles. The molecule has 0 bridgehead atoms. The monoisotopic (exact) mass is 192 g/mol. The Morgan fingerprint density at radius 3 is 2.17 bits per heavy atom. The Morgan fingerprint density at radius 2 is 1.92 bits per heavy atom. The van der Waals surface area contributed by atoms with Crippen LogP contribution in [0, 0.1) is 5.92 Å².